The van der Waals surface area contributed by atoms with E-state index in [2.05, 4.69) is 4.74 Å². The Balaban J connectivity index is 1.66. The van der Waals surface area contributed by atoms with Crippen molar-refractivity contribution in [3.8, 4) is 11.5 Å². The van der Waals surface area contributed by atoms with Gasteiger partial charge < -0.3 is 19.3 Å². The fourth-order valence-electron chi connectivity index (χ4n) is 4.67. The van der Waals surface area contributed by atoms with Crippen LogP contribution < -0.4 is 9.47 Å². The average molecular weight is 541 g/mol. The molecule has 39 heavy (non-hydrogen) atoms. The number of carbonyl (C=O) groups excluding carboxylic acids is 2. The van der Waals surface area contributed by atoms with E-state index in [0.717, 1.165) is 17.7 Å². The quantitative estimate of drug-likeness (QED) is 0.400. The van der Waals surface area contributed by atoms with Gasteiger partial charge in [0, 0.05) is 25.2 Å². The Morgan fingerprint density at radius 3 is 2.31 bits per heavy atom. The molecule has 1 aliphatic heterocycles. The summed E-state index contributed by atoms with van der Waals surface area (Å²) >= 11 is 0. The minimum absolute atomic E-state index is 0.0950. The van der Waals surface area contributed by atoms with Crippen LogP contribution in [-0.4, -0.2) is 60.3 Å². The van der Waals surface area contributed by atoms with E-state index in [0.29, 0.717) is 50.2 Å². The Morgan fingerprint density at radius 2 is 1.62 bits per heavy atom. The molecule has 6 nitrogen and oxygen atoms in total. The summed E-state index contributed by atoms with van der Waals surface area (Å²) in [7, 11) is 0. The second kappa shape index (κ2) is 12.7. The highest BCUT2D eigenvalue weighted by Crippen LogP contribution is 2.25. The van der Waals surface area contributed by atoms with Gasteiger partial charge in [0.1, 0.15) is 18.1 Å². The molecule has 4 rings (SSSR count). The van der Waals surface area contributed by atoms with Gasteiger partial charge in [0.15, 0.2) is 0 Å². The van der Waals surface area contributed by atoms with E-state index in [4.69, 9.17) is 4.74 Å². The normalized spacial score (nSPS) is 16.9. The zero-order valence-electron chi connectivity index (χ0n) is 21.7. The van der Waals surface area contributed by atoms with Gasteiger partial charge in [-0.25, -0.2) is 0 Å². The summed E-state index contributed by atoms with van der Waals surface area (Å²) in [5.74, 6) is -0.354. The smallest absolute Gasteiger partial charge is 0.491 e. The maximum absolute atomic E-state index is 13.8. The van der Waals surface area contributed by atoms with Gasteiger partial charge in [-0.2, -0.15) is 0 Å². The van der Waals surface area contributed by atoms with Crippen LogP contribution in [0.4, 0.5) is 13.2 Å². The van der Waals surface area contributed by atoms with E-state index >= 15 is 0 Å². The fraction of sp³-hybridized carbons (Fsp3) is 0.333. The Kier molecular flexibility index (Phi) is 9.11. The maximum Gasteiger partial charge on any atom is 0.573 e. The van der Waals surface area contributed by atoms with E-state index in [-0.39, 0.29) is 24.0 Å². The molecule has 0 aliphatic carbocycles. The third kappa shape index (κ3) is 7.52. The second-order valence-electron chi connectivity index (χ2n) is 9.31. The first-order chi connectivity index (χ1) is 18.7. The minimum atomic E-state index is -4.81. The highest BCUT2D eigenvalue weighted by Gasteiger charge is 2.32. The summed E-state index contributed by atoms with van der Waals surface area (Å²) in [4.78, 5) is 30.5. The lowest BCUT2D eigenvalue weighted by molar-refractivity contribution is -0.274. The van der Waals surface area contributed by atoms with E-state index in [1.807, 2.05) is 37.3 Å². The Morgan fingerprint density at radius 1 is 0.949 bits per heavy atom. The van der Waals surface area contributed by atoms with Gasteiger partial charge in [-0.15, -0.1) is 13.2 Å². The Hall–Kier alpha value is -4.01. The van der Waals surface area contributed by atoms with Crippen LogP contribution in [0.25, 0.3) is 0 Å². The SMILES string of the molecule is CCN1CCCCN(C(=O)c2ccc(OC(F)(F)F)cc2)[C@@H](Cc2ccccc2)COc2ccccc2C1=O. The summed E-state index contributed by atoms with van der Waals surface area (Å²) in [6, 6.07) is 21.3. The van der Waals surface area contributed by atoms with Gasteiger partial charge in [0.2, 0.25) is 0 Å². The second-order valence-corrected chi connectivity index (χ2v) is 9.31. The van der Waals surface area contributed by atoms with Crippen LogP contribution in [-0.2, 0) is 6.42 Å². The van der Waals surface area contributed by atoms with Crippen LogP contribution in [0.3, 0.4) is 0 Å². The molecule has 0 fully saturated rings. The standard InChI is InChI=1S/C30H31F3N2O4/c1-2-34-18-8-9-19-35(28(36)23-14-16-25(17-15-23)39-30(31,32)33)24(20-22-10-4-3-5-11-22)21-38-27-13-7-6-12-26(27)29(34)37/h3-7,10-17,24H,2,8-9,18-21H2,1H3/t24-/m0/s1. The molecule has 0 bridgehead atoms. The predicted molar refractivity (Wildman–Crippen MR) is 141 cm³/mol. The van der Waals surface area contributed by atoms with Crippen molar-refractivity contribution in [1.29, 1.82) is 0 Å². The molecule has 0 N–H and O–H groups in total. The summed E-state index contributed by atoms with van der Waals surface area (Å²) < 4.78 is 48.0. The Labute approximate surface area is 225 Å². The van der Waals surface area contributed by atoms with Gasteiger partial charge >= 0.3 is 6.36 Å². The average Bonchev–Trinajstić information content (AvgIpc) is 2.92. The highest BCUT2D eigenvalue weighted by atomic mass is 19.4. The molecule has 0 saturated carbocycles. The molecule has 2 amide bonds. The van der Waals surface area contributed by atoms with Gasteiger partial charge in [-0.3, -0.25) is 9.59 Å². The molecule has 0 aromatic heterocycles. The Bertz CT molecular complexity index is 1250. The van der Waals surface area contributed by atoms with Crippen LogP contribution in [0.1, 0.15) is 46.0 Å². The van der Waals surface area contributed by atoms with Crippen LogP contribution in [0, 0.1) is 0 Å². The number of nitrogens with zero attached hydrogens (tertiary/aromatic N) is 2. The third-order valence-electron chi connectivity index (χ3n) is 6.65. The minimum Gasteiger partial charge on any atom is -0.491 e. The lowest BCUT2D eigenvalue weighted by atomic mass is 10.0. The van der Waals surface area contributed by atoms with Crippen LogP contribution in [0.15, 0.2) is 78.9 Å². The number of ether oxygens (including phenoxy) is 2. The lowest BCUT2D eigenvalue weighted by Gasteiger charge is -2.33. The van der Waals surface area contributed by atoms with Crippen LogP contribution in [0.5, 0.6) is 11.5 Å². The molecule has 0 spiro atoms. The number of benzene rings is 3. The molecule has 206 valence electrons. The van der Waals surface area contributed by atoms with Gasteiger partial charge in [-0.05, 0) is 68.1 Å². The van der Waals surface area contributed by atoms with Crippen molar-refractivity contribution in [2.75, 3.05) is 26.2 Å². The van der Waals surface area contributed by atoms with Crippen molar-refractivity contribution in [1.82, 2.24) is 9.80 Å². The molecular weight excluding hydrogens is 509 g/mol. The number of fused-ring (bicyclic) bond motifs is 1. The van der Waals surface area contributed by atoms with Gasteiger partial charge in [0.25, 0.3) is 11.8 Å². The summed E-state index contributed by atoms with van der Waals surface area (Å²) in [6.45, 7) is 3.52. The number of para-hydroxylation sites is 1. The number of alkyl halides is 3. The highest BCUT2D eigenvalue weighted by molar-refractivity contribution is 5.97. The number of hydrogen-bond donors (Lipinski definition) is 0. The molecule has 9 heteroatoms. The molecule has 1 atom stereocenters. The molecule has 0 saturated heterocycles. The summed E-state index contributed by atoms with van der Waals surface area (Å²) in [6.07, 6.45) is -3.00. The third-order valence-corrected chi connectivity index (χ3v) is 6.65. The van der Waals surface area contributed by atoms with E-state index in [1.165, 1.54) is 12.1 Å². The summed E-state index contributed by atoms with van der Waals surface area (Å²) in [5.41, 5.74) is 1.73. The number of hydrogen-bond acceptors (Lipinski definition) is 4. The zero-order chi connectivity index (χ0) is 27.8. The van der Waals surface area contributed by atoms with Crippen molar-refractivity contribution in [3.63, 3.8) is 0 Å². The van der Waals surface area contributed by atoms with Crippen molar-refractivity contribution < 1.29 is 32.2 Å². The lowest BCUT2D eigenvalue weighted by Crippen LogP contribution is -2.46. The van der Waals surface area contributed by atoms with Crippen molar-refractivity contribution in [3.05, 3.63) is 95.6 Å². The first-order valence-electron chi connectivity index (χ1n) is 13.0. The van der Waals surface area contributed by atoms with Gasteiger partial charge in [-0.1, -0.05) is 42.5 Å². The molecule has 0 unspecified atom stereocenters. The molecule has 3 aromatic rings. The van der Waals surface area contributed by atoms with E-state index in [9.17, 15) is 22.8 Å². The fourth-order valence-corrected chi connectivity index (χ4v) is 4.67. The molecule has 1 heterocycles. The van der Waals surface area contributed by atoms with Crippen LogP contribution >= 0.6 is 0 Å². The van der Waals surface area contributed by atoms with Crippen molar-refractivity contribution >= 4 is 11.8 Å². The predicted octanol–water partition coefficient (Wildman–Crippen LogP) is 5.97. The van der Waals surface area contributed by atoms with E-state index in [1.54, 1.807) is 34.1 Å². The largest absolute Gasteiger partial charge is 0.573 e. The zero-order valence-corrected chi connectivity index (χ0v) is 21.7. The number of halogens is 3. The number of carbonyl (C=O) groups is 2. The van der Waals surface area contributed by atoms with Crippen molar-refractivity contribution in [2.45, 2.75) is 38.6 Å². The first-order valence-corrected chi connectivity index (χ1v) is 13.0. The topological polar surface area (TPSA) is 59.1 Å². The first kappa shape index (κ1) is 28.0. The van der Waals surface area contributed by atoms with Gasteiger partial charge in [0.05, 0.1) is 11.6 Å². The number of amides is 2. The van der Waals surface area contributed by atoms with Crippen LogP contribution in [0.2, 0.25) is 0 Å². The molecule has 3 aromatic carbocycles. The molecule has 1 aliphatic rings. The molecular formula is C30H31F3N2O4. The summed E-state index contributed by atoms with van der Waals surface area (Å²) in [5, 5.41) is 0. The monoisotopic (exact) mass is 540 g/mol. The maximum atomic E-state index is 13.8. The van der Waals surface area contributed by atoms with Crippen molar-refractivity contribution in [2.24, 2.45) is 0 Å². The number of rotatable bonds is 5. The van der Waals surface area contributed by atoms with E-state index < -0.39 is 18.2 Å². The molecule has 0 radical (unpaired) electrons.